The minimum absolute atomic E-state index is 0.00196. The van der Waals surface area contributed by atoms with Crippen molar-refractivity contribution in [1.82, 2.24) is 25.3 Å². The molecule has 0 aliphatic carbocycles. The molecule has 2 aliphatic rings. The van der Waals surface area contributed by atoms with Crippen LogP contribution in [0.25, 0.3) is 11.3 Å². The molecule has 2 fully saturated rings. The van der Waals surface area contributed by atoms with Gasteiger partial charge in [0.25, 0.3) is 5.91 Å². The number of hydrogen-bond acceptors (Lipinski definition) is 7. The van der Waals surface area contributed by atoms with E-state index in [0.717, 1.165) is 0 Å². The van der Waals surface area contributed by atoms with Crippen LogP contribution in [0.3, 0.4) is 0 Å². The van der Waals surface area contributed by atoms with Crippen LogP contribution in [0.2, 0.25) is 0 Å². The number of aromatic amines is 1. The third kappa shape index (κ3) is 3.62. The van der Waals surface area contributed by atoms with Crippen molar-refractivity contribution < 1.29 is 28.6 Å². The summed E-state index contributed by atoms with van der Waals surface area (Å²) in [4.78, 5) is 39.6. The first-order valence-electron chi connectivity index (χ1n) is 9.71. The minimum atomic E-state index is -0.407. The van der Waals surface area contributed by atoms with Crippen molar-refractivity contribution in [3.8, 4) is 28.5 Å². The average Bonchev–Trinajstić information content (AvgIpc) is 3.52. The van der Waals surface area contributed by atoms with E-state index in [9.17, 15) is 14.4 Å². The number of benzene rings is 1. The predicted octanol–water partition coefficient (Wildman–Crippen LogP) is 0.869. The second kappa shape index (κ2) is 8.17. The first-order valence-corrected chi connectivity index (χ1v) is 9.71. The van der Waals surface area contributed by atoms with Crippen molar-refractivity contribution in [2.45, 2.75) is 12.5 Å². The van der Waals surface area contributed by atoms with Gasteiger partial charge >= 0.3 is 6.03 Å². The highest BCUT2D eigenvalue weighted by atomic mass is 16.5. The fraction of sp³-hybridized carbons (Fsp3) is 0.400. The Kier molecular flexibility index (Phi) is 5.40. The lowest BCUT2D eigenvalue weighted by molar-refractivity contribution is -0.126. The molecule has 11 nitrogen and oxygen atoms in total. The number of nitrogens with one attached hydrogen (secondary N) is 2. The SMILES string of the molecule is COc1cc(-c2cc(C(=O)N3CCC(N4C(=O)CNC4=O)C3)[nH]n2)cc(OC)c1OC. The number of hydrogen-bond donors (Lipinski definition) is 2. The summed E-state index contributed by atoms with van der Waals surface area (Å²) < 4.78 is 16.1. The van der Waals surface area contributed by atoms with Crippen LogP contribution in [0.1, 0.15) is 16.9 Å². The van der Waals surface area contributed by atoms with E-state index in [0.29, 0.717) is 47.2 Å². The van der Waals surface area contributed by atoms with Gasteiger partial charge in [-0.2, -0.15) is 5.10 Å². The van der Waals surface area contributed by atoms with Gasteiger partial charge in [-0.15, -0.1) is 0 Å². The molecule has 4 rings (SSSR count). The van der Waals surface area contributed by atoms with Crippen LogP contribution in [0.4, 0.5) is 4.79 Å². The first kappa shape index (κ1) is 20.5. The smallest absolute Gasteiger partial charge is 0.324 e. The molecule has 0 bridgehead atoms. The molecule has 2 aliphatic heterocycles. The molecule has 1 atom stereocenters. The zero-order valence-corrected chi connectivity index (χ0v) is 17.4. The normalized spacial score (nSPS) is 18.4. The van der Waals surface area contributed by atoms with E-state index in [4.69, 9.17) is 14.2 Å². The van der Waals surface area contributed by atoms with Crippen molar-refractivity contribution in [1.29, 1.82) is 0 Å². The average molecular weight is 429 g/mol. The number of H-pyrrole nitrogens is 1. The summed E-state index contributed by atoms with van der Waals surface area (Å²) in [5, 5.41) is 9.53. The third-order valence-electron chi connectivity index (χ3n) is 5.46. The van der Waals surface area contributed by atoms with Gasteiger partial charge in [-0.3, -0.25) is 19.6 Å². The van der Waals surface area contributed by atoms with Crippen LogP contribution in [-0.2, 0) is 4.79 Å². The standard InChI is InChI=1S/C20H23N5O6/c1-29-15-6-11(7-16(30-2)18(15)31-3)13-8-14(23-22-13)19(27)24-5-4-12(10-24)25-17(26)9-21-20(25)28/h6-8,12H,4-5,9-10H2,1-3H3,(H,21,28)(H,22,23). The molecule has 2 aromatic rings. The molecule has 1 unspecified atom stereocenters. The number of methoxy groups -OCH3 is 3. The highest BCUT2D eigenvalue weighted by molar-refractivity contribution is 6.02. The molecule has 1 aromatic carbocycles. The number of amides is 4. The molecule has 0 radical (unpaired) electrons. The number of imide groups is 1. The lowest BCUT2D eigenvalue weighted by atomic mass is 10.1. The van der Waals surface area contributed by atoms with Crippen molar-refractivity contribution >= 4 is 17.8 Å². The van der Waals surface area contributed by atoms with Crippen molar-refractivity contribution in [3.63, 3.8) is 0 Å². The number of likely N-dealkylation sites (tertiary alicyclic amines) is 1. The van der Waals surface area contributed by atoms with Gasteiger partial charge in [0.2, 0.25) is 11.7 Å². The minimum Gasteiger partial charge on any atom is -0.493 e. The Hall–Kier alpha value is -3.76. The molecule has 4 amide bonds. The second-order valence-corrected chi connectivity index (χ2v) is 7.20. The Morgan fingerprint density at radius 3 is 2.39 bits per heavy atom. The maximum atomic E-state index is 12.9. The number of carbonyl (C=O) groups is 3. The Balaban J connectivity index is 1.52. The maximum absolute atomic E-state index is 12.9. The highest BCUT2D eigenvalue weighted by Gasteiger charge is 2.40. The summed E-state index contributed by atoms with van der Waals surface area (Å²) in [7, 11) is 4.57. The molecule has 3 heterocycles. The number of rotatable bonds is 6. The molecule has 2 saturated heterocycles. The molecule has 1 aromatic heterocycles. The van der Waals surface area contributed by atoms with Crippen molar-refractivity contribution in [2.75, 3.05) is 41.0 Å². The zero-order valence-electron chi connectivity index (χ0n) is 17.4. The van der Waals surface area contributed by atoms with E-state index in [2.05, 4.69) is 15.5 Å². The Morgan fingerprint density at radius 1 is 1.10 bits per heavy atom. The summed E-state index contributed by atoms with van der Waals surface area (Å²) in [6.07, 6.45) is 0.540. The van der Waals surface area contributed by atoms with E-state index in [-0.39, 0.29) is 30.9 Å². The fourth-order valence-corrected chi connectivity index (χ4v) is 3.92. The van der Waals surface area contributed by atoms with Crippen molar-refractivity contribution in [2.24, 2.45) is 0 Å². The second-order valence-electron chi connectivity index (χ2n) is 7.20. The fourth-order valence-electron chi connectivity index (χ4n) is 3.92. The van der Waals surface area contributed by atoms with Crippen LogP contribution in [0.5, 0.6) is 17.2 Å². The van der Waals surface area contributed by atoms with Gasteiger partial charge in [-0.1, -0.05) is 0 Å². The number of carbonyl (C=O) groups excluding carboxylic acids is 3. The first-order chi connectivity index (χ1) is 15.0. The summed E-state index contributed by atoms with van der Waals surface area (Å²) in [5.41, 5.74) is 1.53. The molecule has 11 heteroatoms. The Labute approximate surface area is 178 Å². The van der Waals surface area contributed by atoms with Crippen LogP contribution < -0.4 is 19.5 Å². The van der Waals surface area contributed by atoms with E-state index in [1.807, 2.05) is 0 Å². The Bertz CT molecular complexity index is 994. The molecule has 0 spiro atoms. The quantitative estimate of drug-likeness (QED) is 0.653. The van der Waals surface area contributed by atoms with E-state index in [1.54, 1.807) is 23.1 Å². The summed E-state index contributed by atoms with van der Waals surface area (Å²) in [5.74, 6) is 0.896. The van der Waals surface area contributed by atoms with Gasteiger partial charge in [-0.25, -0.2) is 4.79 Å². The van der Waals surface area contributed by atoms with Gasteiger partial charge in [0.05, 0.1) is 39.6 Å². The van der Waals surface area contributed by atoms with E-state index < -0.39 is 6.03 Å². The van der Waals surface area contributed by atoms with Gasteiger partial charge in [0.1, 0.15) is 5.69 Å². The Morgan fingerprint density at radius 2 is 1.81 bits per heavy atom. The number of nitrogens with zero attached hydrogens (tertiary/aromatic N) is 3. The van der Waals surface area contributed by atoms with Crippen LogP contribution in [0.15, 0.2) is 18.2 Å². The third-order valence-corrected chi connectivity index (χ3v) is 5.46. The van der Waals surface area contributed by atoms with Gasteiger partial charge in [0.15, 0.2) is 11.5 Å². The van der Waals surface area contributed by atoms with E-state index in [1.165, 1.54) is 26.2 Å². The molecule has 164 valence electrons. The summed E-state index contributed by atoms with van der Waals surface area (Å²) in [6, 6.07) is 4.40. The molecule has 2 N–H and O–H groups in total. The summed E-state index contributed by atoms with van der Waals surface area (Å²) in [6.45, 7) is 0.734. The van der Waals surface area contributed by atoms with Gasteiger partial charge in [-0.05, 0) is 24.6 Å². The number of aromatic nitrogens is 2. The molecular weight excluding hydrogens is 406 g/mol. The topological polar surface area (TPSA) is 126 Å². The van der Waals surface area contributed by atoms with Gasteiger partial charge < -0.3 is 24.4 Å². The summed E-state index contributed by atoms with van der Waals surface area (Å²) >= 11 is 0. The molecule has 0 saturated carbocycles. The molecule has 31 heavy (non-hydrogen) atoms. The molecular formula is C20H23N5O6. The number of urea groups is 1. The monoisotopic (exact) mass is 429 g/mol. The van der Waals surface area contributed by atoms with Gasteiger partial charge in [0, 0.05) is 18.7 Å². The van der Waals surface area contributed by atoms with Crippen LogP contribution >= 0.6 is 0 Å². The lowest BCUT2D eigenvalue weighted by Gasteiger charge is -2.21. The number of ether oxygens (including phenoxy) is 3. The van der Waals surface area contributed by atoms with E-state index >= 15 is 0 Å². The van der Waals surface area contributed by atoms with Crippen LogP contribution in [0, 0.1) is 0 Å². The maximum Gasteiger partial charge on any atom is 0.324 e. The van der Waals surface area contributed by atoms with Crippen molar-refractivity contribution in [3.05, 3.63) is 23.9 Å². The zero-order chi connectivity index (χ0) is 22.1. The predicted molar refractivity (Wildman–Crippen MR) is 108 cm³/mol. The van der Waals surface area contributed by atoms with Crippen LogP contribution in [-0.4, -0.2) is 84.8 Å². The highest BCUT2D eigenvalue weighted by Crippen LogP contribution is 2.40. The largest absolute Gasteiger partial charge is 0.493 e. The lowest BCUT2D eigenvalue weighted by Crippen LogP contribution is -2.43.